The smallest absolute Gasteiger partial charge is 0.137 e. The third kappa shape index (κ3) is 3.35. The molecule has 1 aromatic heterocycles. The number of ether oxygens (including phenoxy) is 1. The van der Waals surface area contributed by atoms with Crippen LogP contribution >= 0.6 is 15.9 Å². The summed E-state index contributed by atoms with van der Waals surface area (Å²) >= 11 is 3.38. The number of benzene rings is 1. The molecule has 0 aliphatic carbocycles. The van der Waals surface area contributed by atoms with Gasteiger partial charge in [0.1, 0.15) is 11.6 Å². The molecule has 0 amide bonds. The molecule has 5 heteroatoms. The Hall–Kier alpha value is -1.46. The molecule has 0 aliphatic rings. The van der Waals surface area contributed by atoms with Gasteiger partial charge in [0.15, 0.2) is 0 Å². The van der Waals surface area contributed by atoms with Gasteiger partial charge in [0, 0.05) is 16.2 Å². The highest BCUT2D eigenvalue weighted by atomic mass is 79.9. The molecule has 3 nitrogen and oxygen atoms in total. The third-order valence-corrected chi connectivity index (χ3v) is 3.47. The van der Waals surface area contributed by atoms with Crippen LogP contribution in [0.4, 0.5) is 4.39 Å². The summed E-state index contributed by atoms with van der Waals surface area (Å²) in [6.45, 7) is 2.70. The Morgan fingerprint density at radius 3 is 2.85 bits per heavy atom. The number of rotatable bonds is 5. The van der Waals surface area contributed by atoms with Crippen LogP contribution in [0.2, 0.25) is 0 Å². The second-order valence-electron chi connectivity index (χ2n) is 4.31. The molecule has 0 saturated heterocycles. The lowest BCUT2D eigenvalue weighted by molar-refractivity contribution is 0.411. The summed E-state index contributed by atoms with van der Waals surface area (Å²) in [7, 11) is 1.59. The van der Waals surface area contributed by atoms with E-state index in [0.717, 1.165) is 10.0 Å². The molecule has 0 aliphatic heterocycles. The first-order valence-corrected chi connectivity index (χ1v) is 7.12. The Bertz CT molecular complexity index is 592. The van der Waals surface area contributed by atoms with Crippen LogP contribution in [0, 0.1) is 5.82 Å². The van der Waals surface area contributed by atoms with Crippen LogP contribution in [0.1, 0.15) is 24.1 Å². The lowest BCUT2D eigenvalue weighted by Crippen LogP contribution is -2.23. The maximum atomic E-state index is 14.1. The molecule has 0 saturated carbocycles. The van der Waals surface area contributed by atoms with Crippen molar-refractivity contribution in [2.24, 2.45) is 0 Å². The second-order valence-corrected chi connectivity index (χ2v) is 5.23. The zero-order chi connectivity index (χ0) is 14.5. The molecule has 20 heavy (non-hydrogen) atoms. The normalized spacial score (nSPS) is 12.2. The highest BCUT2D eigenvalue weighted by Gasteiger charge is 2.18. The molecule has 1 atom stereocenters. The topological polar surface area (TPSA) is 34.2 Å². The third-order valence-electron chi connectivity index (χ3n) is 2.98. The van der Waals surface area contributed by atoms with Gasteiger partial charge in [0.05, 0.1) is 19.3 Å². The van der Waals surface area contributed by atoms with Crippen molar-refractivity contribution >= 4 is 15.9 Å². The van der Waals surface area contributed by atoms with Gasteiger partial charge >= 0.3 is 0 Å². The Morgan fingerprint density at radius 1 is 1.35 bits per heavy atom. The van der Waals surface area contributed by atoms with E-state index in [2.05, 4.69) is 26.2 Å². The standard InChI is InChI=1S/C15H16BrFN2O/c1-3-19-15(10-6-12(20-2)9-18-8-10)13-7-11(16)4-5-14(13)17/h4-9,15,19H,3H2,1-2H3. The number of hydrogen-bond acceptors (Lipinski definition) is 3. The second kappa shape index (κ2) is 6.81. The van der Waals surface area contributed by atoms with Crippen molar-refractivity contribution in [2.45, 2.75) is 13.0 Å². The molecule has 0 bridgehead atoms. The van der Waals surface area contributed by atoms with Gasteiger partial charge in [-0.1, -0.05) is 22.9 Å². The Morgan fingerprint density at radius 2 is 2.15 bits per heavy atom. The van der Waals surface area contributed by atoms with Gasteiger partial charge in [-0.3, -0.25) is 4.98 Å². The van der Waals surface area contributed by atoms with Crippen LogP contribution < -0.4 is 10.1 Å². The summed E-state index contributed by atoms with van der Waals surface area (Å²) in [5.74, 6) is 0.405. The fourth-order valence-electron chi connectivity index (χ4n) is 2.05. The molecule has 0 radical (unpaired) electrons. The number of pyridine rings is 1. The fourth-order valence-corrected chi connectivity index (χ4v) is 2.43. The van der Waals surface area contributed by atoms with Crippen molar-refractivity contribution in [3.63, 3.8) is 0 Å². The molecule has 2 aromatic rings. The van der Waals surface area contributed by atoms with E-state index < -0.39 is 0 Å². The monoisotopic (exact) mass is 338 g/mol. The molecular formula is C15H16BrFN2O. The van der Waals surface area contributed by atoms with Gasteiger partial charge in [-0.15, -0.1) is 0 Å². The zero-order valence-corrected chi connectivity index (χ0v) is 12.9. The molecule has 1 N–H and O–H groups in total. The molecule has 0 fully saturated rings. The molecule has 106 valence electrons. The van der Waals surface area contributed by atoms with Gasteiger partial charge in [0.2, 0.25) is 0 Å². The summed E-state index contributed by atoms with van der Waals surface area (Å²) in [4.78, 5) is 4.14. The van der Waals surface area contributed by atoms with E-state index in [4.69, 9.17) is 4.74 Å². The van der Waals surface area contributed by atoms with Crippen molar-refractivity contribution < 1.29 is 9.13 Å². The first-order chi connectivity index (χ1) is 9.65. The van der Waals surface area contributed by atoms with Gasteiger partial charge < -0.3 is 10.1 Å². The minimum absolute atomic E-state index is 0.248. The van der Waals surface area contributed by atoms with Gasteiger partial charge in [-0.25, -0.2) is 4.39 Å². The summed E-state index contributed by atoms with van der Waals surface area (Å²) < 4.78 is 20.1. The molecule has 1 aromatic carbocycles. The molecular weight excluding hydrogens is 323 g/mol. The molecule has 2 rings (SSSR count). The lowest BCUT2D eigenvalue weighted by Gasteiger charge is -2.20. The van der Waals surface area contributed by atoms with Crippen molar-refractivity contribution in [3.8, 4) is 5.75 Å². The maximum absolute atomic E-state index is 14.1. The van der Waals surface area contributed by atoms with E-state index in [1.165, 1.54) is 6.07 Å². The van der Waals surface area contributed by atoms with Crippen LogP contribution in [0.3, 0.4) is 0 Å². The van der Waals surface area contributed by atoms with Crippen LogP contribution in [-0.2, 0) is 0 Å². The predicted octanol–water partition coefficient (Wildman–Crippen LogP) is 3.69. The van der Waals surface area contributed by atoms with E-state index in [-0.39, 0.29) is 11.9 Å². The fraction of sp³-hybridized carbons (Fsp3) is 0.267. The Kier molecular flexibility index (Phi) is 5.09. The van der Waals surface area contributed by atoms with E-state index in [1.807, 2.05) is 13.0 Å². The van der Waals surface area contributed by atoms with Crippen LogP contribution in [0.15, 0.2) is 41.1 Å². The summed E-state index contributed by atoms with van der Waals surface area (Å²) in [5, 5.41) is 3.28. The lowest BCUT2D eigenvalue weighted by atomic mass is 9.99. The number of nitrogens with one attached hydrogen (secondary N) is 1. The quantitative estimate of drug-likeness (QED) is 0.902. The molecule has 1 heterocycles. The van der Waals surface area contributed by atoms with Crippen molar-refractivity contribution in [2.75, 3.05) is 13.7 Å². The van der Waals surface area contributed by atoms with Gasteiger partial charge in [-0.2, -0.15) is 0 Å². The first kappa shape index (κ1) is 14.9. The van der Waals surface area contributed by atoms with Gasteiger partial charge in [-0.05, 0) is 36.4 Å². The van der Waals surface area contributed by atoms with Crippen LogP contribution in [0.5, 0.6) is 5.75 Å². The van der Waals surface area contributed by atoms with E-state index in [1.54, 1.807) is 31.6 Å². The summed E-state index contributed by atoms with van der Waals surface area (Å²) in [6, 6.07) is 6.52. The van der Waals surface area contributed by atoms with Crippen molar-refractivity contribution in [1.29, 1.82) is 0 Å². The van der Waals surface area contributed by atoms with Crippen molar-refractivity contribution in [1.82, 2.24) is 10.3 Å². The molecule has 1 unspecified atom stereocenters. The van der Waals surface area contributed by atoms with Crippen LogP contribution in [-0.4, -0.2) is 18.6 Å². The summed E-state index contributed by atoms with van der Waals surface area (Å²) in [5.41, 5.74) is 1.44. The number of halogens is 2. The molecule has 0 spiro atoms. The van der Waals surface area contributed by atoms with Crippen LogP contribution in [0.25, 0.3) is 0 Å². The Balaban J connectivity index is 2.46. The average Bonchev–Trinajstić information content (AvgIpc) is 2.47. The number of hydrogen-bond donors (Lipinski definition) is 1. The first-order valence-electron chi connectivity index (χ1n) is 6.33. The van der Waals surface area contributed by atoms with E-state index in [0.29, 0.717) is 17.9 Å². The number of methoxy groups -OCH3 is 1. The SMILES string of the molecule is CCNC(c1cncc(OC)c1)c1cc(Br)ccc1F. The van der Waals surface area contributed by atoms with Crippen molar-refractivity contribution in [3.05, 3.63) is 58.1 Å². The largest absolute Gasteiger partial charge is 0.495 e. The van der Waals surface area contributed by atoms with E-state index in [9.17, 15) is 4.39 Å². The van der Waals surface area contributed by atoms with Gasteiger partial charge in [0.25, 0.3) is 0 Å². The summed E-state index contributed by atoms with van der Waals surface area (Å²) in [6.07, 6.45) is 3.35. The number of aromatic nitrogens is 1. The van der Waals surface area contributed by atoms with E-state index >= 15 is 0 Å². The maximum Gasteiger partial charge on any atom is 0.137 e. The zero-order valence-electron chi connectivity index (χ0n) is 11.4. The highest BCUT2D eigenvalue weighted by molar-refractivity contribution is 9.10. The minimum atomic E-state index is -0.264. The minimum Gasteiger partial charge on any atom is -0.495 e. The Labute approximate surface area is 126 Å². The number of nitrogens with zero attached hydrogens (tertiary/aromatic N) is 1. The predicted molar refractivity (Wildman–Crippen MR) is 80.4 cm³/mol. The highest BCUT2D eigenvalue weighted by Crippen LogP contribution is 2.28. The average molecular weight is 339 g/mol.